The average Bonchev–Trinajstić information content (AvgIpc) is 3.34. The fourth-order valence-corrected chi connectivity index (χ4v) is 2.53. The topological polar surface area (TPSA) is 93.2 Å². The molecule has 3 rings (SSSR count). The van der Waals surface area contributed by atoms with Gasteiger partial charge in [-0.25, -0.2) is 4.98 Å². The van der Waals surface area contributed by atoms with Gasteiger partial charge >= 0.3 is 0 Å². The zero-order valence-electron chi connectivity index (χ0n) is 15.4. The number of rotatable bonds is 7. The molecule has 27 heavy (non-hydrogen) atoms. The monoisotopic (exact) mass is 481 g/mol. The van der Waals surface area contributed by atoms with E-state index in [2.05, 4.69) is 37.7 Å². The highest BCUT2D eigenvalue weighted by atomic mass is 127. The van der Waals surface area contributed by atoms with E-state index in [0.717, 1.165) is 36.6 Å². The SMILES string of the molecule is CCc1nncn1CCNC(=NC)NCc1coc(-c2ccccc2)n1.I. The van der Waals surface area contributed by atoms with E-state index in [1.165, 1.54) is 0 Å². The summed E-state index contributed by atoms with van der Waals surface area (Å²) in [6.07, 6.45) is 4.27. The summed E-state index contributed by atoms with van der Waals surface area (Å²) in [5.74, 6) is 2.30. The number of guanidine groups is 1. The number of aromatic nitrogens is 4. The van der Waals surface area contributed by atoms with Crippen LogP contribution in [0.25, 0.3) is 11.5 Å². The quantitative estimate of drug-likeness (QED) is 0.306. The van der Waals surface area contributed by atoms with Gasteiger partial charge in [0.1, 0.15) is 18.4 Å². The molecule has 0 fully saturated rings. The summed E-state index contributed by atoms with van der Waals surface area (Å²) in [5, 5.41) is 14.5. The number of aryl methyl sites for hydroxylation is 1. The van der Waals surface area contributed by atoms with Crippen LogP contribution < -0.4 is 10.6 Å². The Morgan fingerprint density at radius 2 is 2.04 bits per heavy atom. The lowest BCUT2D eigenvalue weighted by Crippen LogP contribution is -2.38. The Morgan fingerprint density at radius 1 is 1.22 bits per heavy atom. The number of nitrogens with one attached hydrogen (secondary N) is 2. The molecule has 0 aliphatic carbocycles. The molecule has 0 aliphatic heterocycles. The predicted octanol–water partition coefficient (Wildman–Crippen LogP) is 2.48. The molecule has 0 atom stereocenters. The van der Waals surface area contributed by atoms with Crippen LogP contribution in [0.3, 0.4) is 0 Å². The lowest BCUT2D eigenvalue weighted by atomic mass is 10.2. The number of aliphatic imine (C=N–C) groups is 1. The van der Waals surface area contributed by atoms with Gasteiger partial charge in [0.2, 0.25) is 5.89 Å². The highest BCUT2D eigenvalue weighted by Gasteiger charge is 2.07. The average molecular weight is 481 g/mol. The van der Waals surface area contributed by atoms with Crippen LogP contribution in [0.5, 0.6) is 0 Å². The minimum atomic E-state index is 0. The van der Waals surface area contributed by atoms with Crippen LogP contribution in [0.2, 0.25) is 0 Å². The molecule has 2 aromatic heterocycles. The molecular formula is C18H24IN7O. The van der Waals surface area contributed by atoms with E-state index < -0.39 is 0 Å². The van der Waals surface area contributed by atoms with Crippen molar-refractivity contribution in [2.75, 3.05) is 13.6 Å². The number of oxazole rings is 1. The molecule has 3 aromatic rings. The lowest BCUT2D eigenvalue weighted by Gasteiger charge is -2.11. The minimum Gasteiger partial charge on any atom is -0.444 e. The van der Waals surface area contributed by atoms with Gasteiger partial charge in [-0.05, 0) is 12.1 Å². The van der Waals surface area contributed by atoms with Crippen molar-refractivity contribution in [3.8, 4) is 11.5 Å². The van der Waals surface area contributed by atoms with Crippen molar-refractivity contribution in [3.05, 3.63) is 54.4 Å². The van der Waals surface area contributed by atoms with Gasteiger partial charge in [-0.2, -0.15) is 0 Å². The van der Waals surface area contributed by atoms with Gasteiger partial charge in [-0.3, -0.25) is 4.99 Å². The standard InChI is InChI=1S/C18H23N7O.HI/c1-3-16-24-22-13-25(16)10-9-20-18(19-2)21-11-15-12-26-17(23-15)14-7-5-4-6-8-14;/h4-8,12-13H,3,9-11H2,1-2H3,(H2,19,20,21);1H. The normalized spacial score (nSPS) is 11.1. The first-order valence-corrected chi connectivity index (χ1v) is 8.61. The number of halogens is 1. The zero-order valence-corrected chi connectivity index (χ0v) is 17.8. The van der Waals surface area contributed by atoms with E-state index >= 15 is 0 Å². The first-order valence-electron chi connectivity index (χ1n) is 8.61. The van der Waals surface area contributed by atoms with Crippen molar-refractivity contribution in [2.45, 2.75) is 26.4 Å². The van der Waals surface area contributed by atoms with Crippen LogP contribution in [-0.4, -0.2) is 39.3 Å². The maximum atomic E-state index is 5.54. The van der Waals surface area contributed by atoms with E-state index in [-0.39, 0.29) is 24.0 Å². The third-order valence-electron chi connectivity index (χ3n) is 3.89. The first-order chi connectivity index (χ1) is 12.8. The van der Waals surface area contributed by atoms with Gasteiger partial charge in [0, 0.05) is 32.1 Å². The maximum absolute atomic E-state index is 5.54. The van der Waals surface area contributed by atoms with E-state index in [0.29, 0.717) is 18.4 Å². The van der Waals surface area contributed by atoms with Crippen LogP contribution in [0.15, 0.2) is 52.3 Å². The fourth-order valence-electron chi connectivity index (χ4n) is 2.53. The highest BCUT2D eigenvalue weighted by molar-refractivity contribution is 14.0. The molecule has 0 saturated carbocycles. The molecule has 8 nitrogen and oxygen atoms in total. The van der Waals surface area contributed by atoms with Gasteiger partial charge in [-0.1, -0.05) is 25.1 Å². The molecule has 0 spiro atoms. The Bertz CT molecular complexity index is 844. The summed E-state index contributed by atoms with van der Waals surface area (Å²) in [5.41, 5.74) is 1.78. The number of benzene rings is 1. The summed E-state index contributed by atoms with van der Waals surface area (Å²) >= 11 is 0. The molecule has 1 aromatic carbocycles. The molecule has 0 bridgehead atoms. The van der Waals surface area contributed by atoms with Crippen molar-refractivity contribution in [3.63, 3.8) is 0 Å². The zero-order chi connectivity index (χ0) is 18.2. The van der Waals surface area contributed by atoms with E-state index in [9.17, 15) is 0 Å². The van der Waals surface area contributed by atoms with Crippen LogP contribution >= 0.6 is 24.0 Å². The third kappa shape index (κ3) is 5.78. The van der Waals surface area contributed by atoms with Crippen LogP contribution in [0.1, 0.15) is 18.4 Å². The van der Waals surface area contributed by atoms with Gasteiger partial charge in [-0.15, -0.1) is 34.2 Å². The Labute approximate surface area is 175 Å². The molecule has 0 saturated heterocycles. The van der Waals surface area contributed by atoms with E-state index in [4.69, 9.17) is 4.42 Å². The molecule has 0 aliphatic rings. The van der Waals surface area contributed by atoms with Gasteiger partial charge in [0.15, 0.2) is 5.96 Å². The third-order valence-corrected chi connectivity index (χ3v) is 3.89. The summed E-state index contributed by atoms with van der Waals surface area (Å²) < 4.78 is 7.58. The second-order valence-electron chi connectivity index (χ2n) is 5.66. The fraction of sp³-hybridized carbons (Fsp3) is 0.333. The highest BCUT2D eigenvalue weighted by Crippen LogP contribution is 2.17. The Hall–Kier alpha value is -2.43. The molecule has 0 amide bonds. The van der Waals surface area contributed by atoms with Crippen molar-refractivity contribution in [1.29, 1.82) is 0 Å². The second-order valence-corrected chi connectivity index (χ2v) is 5.66. The van der Waals surface area contributed by atoms with Crippen LogP contribution in [0, 0.1) is 0 Å². The summed E-state index contributed by atoms with van der Waals surface area (Å²) in [6, 6.07) is 9.83. The summed E-state index contributed by atoms with van der Waals surface area (Å²) in [6.45, 7) is 4.09. The van der Waals surface area contributed by atoms with Gasteiger partial charge < -0.3 is 19.6 Å². The molecule has 0 radical (unpaired) electrons. The Morgan fingerprint density at radius 3 is 2.78 bits per heavy atom. The van der Waals surface area contributed by atoms with Gasteiger partial charge in [0.25, 0.3) is 0 Å². The predicted molar refractivity (Wildman–Crippen MR) is 115 cm³/mol. The molecule has 2 heterocycles. The summed E-state index contributed by atoms with van der Waals surface area (Å²) in [4.78, 5) is 8.72. The van der Waals surface area contributed by atoms with E-state index in [1.807, 2.05) is 34.9 Å². The minimum absolute atomic E-state index is 0. The molecule has 9 heteroatoms. The molecule has 0 unspecified atom stereocenters. The first kappa shape index (κ1) is 20.9. The van der Waals surface area contributed by atoms with E-state index in [1.54, 1.807) is 19.6 Å². The van der Waals surface area contributed by atoms with Crippen molar-refractivity contribution in [2.24, 2.45) is 4.99 Å². The Balaban J connectivity index is 0.00000261. The number of hydrogen-bond acceptors (Lipinski definition) is 5. The maximum Gasteiger partial charge on any atom is 0.226 e. The summed E-state index contributed by atoms with van der Waals surface area (Å²) in [7, 11) is 1.74. The Kier molecular flexibility index (Phi) is 8.24. The molecule has 144 valence electrons. The van der Waals surface area contributed by atoms with Crippen molar-refractivity contribution >= 4 is 29.9 Å². The van der Waals surface area contributed by atoms with Crippen LogP contribution in [0.4, 0.5) is 0 Å². The van der Waals surface area contributed by atoms with Crippen molar-refractivity contribution in [1.82, 2.24) is 30.4 Å². The number of nitrogens with zero attached hydrogens (tertiary/aromatic N) is 5. The lowest BCUT2D eigenvalue weighted by molar-refractivity contribution is 0.572. The second kappa shape index (κ2) is 10.7. The number of hydrogen-bond donors (Lipinski definition) is 2. The molecule has 2 N–H and O–H groups in total. The van der Waals surface area contributed by atoms with Crippen LogP contribution in [-0.2, 0) is 19.5 Å². The van der Waals surface area contributed by atoms with Gasteiger partial charge in [0.05, 0.1) is 12.2 Å². The molecular weight excluding hydrogens is 457 g/mol. The largest absolute Gasteiger partial charge is 0.444 e. The van der Waals surface area contributed by atoms with Crippen molar-refractivity contribution < 1.29 is 4.42 Å². The smallest absolute Gasteiger partial charge is 0.226 e.